The molecule has 1 unspecified atom stereocenters. The van der Waals surface area contributed by atoms with Gasteiger partial charge in [0.25, 0.3) is 0 Å². The number of halogens is 1. The van der Waals surface area contributed by atoms with Crippen molar-refractivity contribution in [2.45, 2.75) is 25.9 Å². The third-order valence-corrected chi connectivity index (χ3v) is 4.35. The molecule has 0 bridgehead atoms. The van der Waals surface area contributed by atoms with Crippen molar-refractivity contribution in [3.05, 3.63) is 21.3 Å². The molecule has 1 saturated heterocycles. The van der Waals surface area contributed by atoms with E-state index in [0.717, 1.165) is 26.1 Å². The van der Waals surface area contributed by atoms with Crippen molar-refractivity contribution in [1.29, 1.82) is 0 Å². The molecule has 0 aromatic carbocycles. The second-order valence-corrected chi connectivity index (χ2v) is 6.21. The third kappa shape index (κ3) is 3.79. The number of carbonyl (C=O) groups is 1. The minimum Gasteiger partial charge on any atom is -0.381 e. The fourth-order valence-corrected chi connectivity index (χ4v) is 2.98. The maximum absolute atomic E-state index is 12.0. The van der Waals surface area contributed by atoms with E-state index in [2.05, 4.69) is 0 Å². The zero-order valence-corrected chi connectivity index (χ0v) is 11.9. The molecular weight excluding hydrogens is 272 g/mol. The molecule has 0 amide bonds. The molecule has 0 radical (unpaired) electrons. The number of ether oxygens (including phenoxy) is 2. The van der Waals surface area contributed by atoms with Gasteiger partial charge in [-0.25, -0.2) is 0 Å². The van der Waals surface area contributed by atoms with Crippen molar-refractivity contribution in [2.24, 2.45) is 5.92 Å². The smallest absolute Gasteiger partial charge is 0.201 e. The van der Waals surface area contributed by atoms with Crippen molar-refractivity contribution in [3.63, 3.8) is 0 Å². The van der Waals surface area contributed by atoms with Gasteiger partial charge in [-0.1, -0.05) is 11.6 Å². The van der Waals surface area contributed by atoms with Crippen LogP contribution in [0.4, 0.5) is 0 Å². The van der Waals surface area contributed by atoms with Gasteiger partial charge in [-0.15, -0.1) is 11.3 Å². The number of hydrogen-bond donors (Lipinski definition) is 0. The van der Waals surface area contributed by atoms with E-state index in [-0.39, 0.29) is 5.78 Å². The SMILES string of the molecule is CC(OCC1CCOCC1)C(=O)c1ccc(Cl)s1. The van der Waals surface area contributed by atoms with Gasteiger partial charge in [-0.2, -0.15) is 0 Å². The van der Waals surface area contributed by atoms with E-state index in [1.165, 1.54) is 11.3 Å². The largest absolute Gasteiger partial charge is 0.381 e. The Balaban J connectivity index is 1.80. The van der Waals surface area contributed by atoms with Crippen LogP contribution in [0.3, 0.4) is 0 Å². The third-order valence-electron chi connectivity index (χ3n) is 3.11. The second-order valence-electron chi connectivity index (χ2n) is 4.50. The Kier molecular flexibility index (Phi) is 5.18. The molecule has 18 heavy (non-hydrogen) atoms. The maximum Gasteiger partial charge on any atom is 0.201 e. The van der Waals surface area contributed by atoms with Crippen LogP contribution in [0.5, 0.6) is 0 Å². The molecule has 1 aliphatic heterocycles. The Hall–Kier alpha value is -0.420. The number of Topliss-reactive ketones (excluding diaryl/α,β-unsaturated/α-hetero) is 1. The summed E-state index contributed by atoms with van der Waals surface area (Å²) in [4.78, 5) is 12.7. The van der Waals surface area contributed by atoms with E-state index in [1.54, 1.807) is 19.1 Å². The molecule has 1 aromatic rings. The van der Waals surface area contributed by atoms with Crippen LogP contribution < -0.4 is 0 Å². The first-order valence-electron chi connectivity index (χ1n) is 6.15. The lowest BCUT2D eigenvalue weighted by Crippen LogP contribution is -2.26. The highest BCUT2D eigenvalue weighted by Crippen LogP contribution is 2.23. The monoisotopic (exact) mass is 288 g/mol. The summed E-state index contributed by atoms with van der Waals surface area (Å²) in [6, 6.07) is 3.49. The van der Waals surface area contributed by atoms with E-state index < -0.39 is 6.10 Å². The van der Waals surface area contributed by atoms with Crippen molar-refractivity contribution < 1.29 is 14.3 Å². The fraction of sp³-hybridized carbons (Fsp3) is 0.615. The molecule has 0 N–H and O–H groups in total. The Labute approximate surface area is 116 Å². The molecule has 2 heterocycles. The maximum atomic E-state index is 12.0. The molecule has 100 valence electrons. The van der Waals surface area contributed by atoms with Crippen molar-refractivity contribution in [2.75, 3.05) is 19.8 Å². The van der Waals surface area contributed by atoms with Gasteiger partial charge in [0.1, 0.15) is 6.10 Å². The summed E-state index contributed by atoms with van der Waals surface area (Å²) in [7, 11) is 0. The van der Waals surface area contributed by atoms with Crippen molar-refractivity contribution in [1.82, 2.24) is 0 Å². The second kappa shape index (κ2) is 6.66. The average molecular weight is 289 g/mol. The van der Waals surface area contributed by atoms with Gasteiger partial charge >= 0.3 is 0 Å². The van der Waals surface area contributed by atoms with Crippen molar-refractivity contribution in [3.8, 4) is 0 Å². The van der Waals surface area contributed by atoms with Crippen LogP contribution in [0.1, 0.15) is 29.4 Å². The summed E-state index contributed by atoms with van der Waals surface area (Å²) in [5.74, 6) is 0.528. The summed E-state index contributed by atoms with van der Waals surface area (Å²) >= 11 is 7.12. The molecule has 1 fully saturated rings. The molecule has 1 aliphatic rings. The summed E-state index contributed by atoms with van der Waals surface area (Å²) in [5, 5.41) is 0. The first-order valence-corrected chi connectivity index (χ1v) is 7.35. The number of ketones is 1. The summed E-state index contributed by atoms with van der Waals surface area (Å²) in [6.07, 6.45) is 1.64. The Morgan fingerprint density at radius 2 is 2.28 bits per heavy atom. The molecule has 1 aromatic heterocycles. The van der Waals surface area contributed by atoms with Gasteiger partial charge in [0, 0.05) is 13.2 Å². The Morgan fingerprint density at radius 3 is 2.89 bits per heavy atom. The molecule has 5 heteroatoms. The zero-order chi connectivity index (χ0) is 13.0. The van der Waals surface area contributed by atoms with E-state index in [9.17, 15) is 4.79 Å². The highest BCUT2D eigenvalue weighted by molar-refractivity contribution is 7.18. The first-order chi connectivity index (χ1) is 8.66. The normalized spacial score (nSPS) is 18.8. The van der Waals surface area contributed by atoms with E-state index in [4.69, 9.17) is 21.1 Å². The minimum absolute atomic E-state index is 0.0129. The van der Waals surface area contributed by atoms with Gasteiger partial charge in [0.2, 0.25) is 5.78 Å². The van der Waals surface area contributed by atoms with Crippen LogP contribution in [-0.2, 0) is 9.47 Å². The number of hydrogen-bond acceptors (Lipinski definition) is 4. The van der Waals surface area contributed by atoms with Gasteiger partial charge in [-0.3, -0.25) is 4.79 Å². The van der Waals surface area contributed by atoms with E-state index in [1.807, 2.05) is 0 Å². The molecule has 0 spiro atoms. The molecule has 1 atom stereocenters. The predicted octanol–water partition coefficient (Wildman–Crippen LogP) is 3.42. The first kappa shape index (κ1) is 14.0. The van der Waals surface area contributed by atoms with Gasteiger partial charge < -0.3 is 9.47 Å². The van der Waals surface area contributed by atoms with Crippen LogP contribution in [0.15, 0.2) is 12.1 Å². The van der Waals surface area contributed by atoms with E-state index in [0.29, 0.717) is 21.7 Å². The minimum atomic E-state index is -0.400. The molecule has 2 rings (SSSR count). The van der Waals surface area contributed by atoms with Crippen LogP contribution in [0.25, 0.3) is 0 Å². The Morgan fingerprint density at radius 1 is 1.56 bits per heavy atom. The quantitative estimate of drug-likeness (QED) is 0.779. The average Bonchev–Trinajstić information content (AvgIpc) is 2.83. The lowest BCUT2D eigenvalue weighted by atomic mass is 10.0. The number of thiophene rings is 1. The number of carbonyl (C=O) groups excluding carboxylic acids is 1. The van der Waals surface area contributed by atoms with Crippen LogP contribution in [-0.4, -0.2) is 31.7 Å². The Bertz CT molecular complexity index is 399. The van der Waals surface area contributed by atoms with Crippen LogP contribution >= 0.6 is 22.9 Å². The zero-order valence-electron chi connectivity index (χ0n) is 10.4. The molecule has 3 nitrogen and oxygen atoms in total. The lowest BCUT2D eigenvalue weighted by Gasteiger charge is -2.23. The topological polar surface area (TPSA) is 35.5 Å². The lowest BCUT2D eigenvalue weighted by molar-refractivity contribution is -0.0000722. The summed E-state index contributed by atoms with van der Waals surface area (Å²) < 4.78 is 11.6. The van der Waals surface area contributed by atoms with Crippen LogP contribution in [0.2, 0.25) is 4.34 Å². The molecule has 0 aliphatic carbocycles. The number of rotatable bonds is 5. The molecule has 0 saturated carbocycles. The highest BCUT2D eigenvalue weighted by Gasteiger charge is 2.20. The summed E-state index contributed by atoms with van der Waals surface area (Å²) in [5.41, 5.74) is 0. The standard InChI is InChI=1S/C13H17ClO3S/c1-9(13(15)11-2-3-12(14)18-11)17-8-10-4-6-16-7-5-10/h2-3,9-10H,4-8H2,1H3. The summed E-state index contributed by atoms with van der Waals surface area (Å²) in [6.45, 7) is 4.04. The van der Waals surface area contributed by atoms with Gasteiger partial charge in [-0.05, 0) is 37.8 Å². The van der Waals surface area contributed by atoms with Crippen LogP contribution in [0, 0.1) is 5.92 Å². The molecular formula is C13H17ClO3S. The predicted molar refractivity (Wildman–Crippen MR) is 72.6 cm³/mol. The fourth-order valence-electron chi connectivity index (χ4n) is 1.92. The van der Waals surface area contributed by atoms with Crippen molar-refractivity contribution >= 4 is 28.7 Å². The highest BCUT2D eigenvalue weighted by atomic mass is 35.5. The van der Waals surface area contributed by atoms with E-state index >= 15 is 0 Å². The van der Waals surface area contributed by atoms with Gasteiger partial charge in [0.15, 0.2) is 0 Å². The van der Waals surface area contributed by atoms with Gasteiger partial charge in [0.05, 0.1) is 15.8 Å².